The molecule has 5 N–H and O–H groups in total. The first-order valence-corrected chi connectivity index (χ1v) is 11.3. The van der Waals surface area contributed by atoms with E-state index in [1.165, 1.54) is 6.92 Å². The Bertz CT molecular complexity index is 1200. The third-order valence-electron chi connectivity index (χ3n) is 6.79. The van der Waals surface area contributed by atoms with Gasteiger partial charge in [-0.25, -0.2) is 9.59 Å². The molecule has 2 aliphatic heterocycles. The Labute approximate surface area is 202 Å². The summed E-state index contributed by atoms with van der Waals surface area (Å²) in [7, 11) is 0. The van der Waals surface area contributed by atoms with Crippen molar-refractivity contribution < 1.29 is 29.0 Å². The van der Waals surface area contributed by atoms with Crippen LogP contribution in [0.4, 0.5) is 9.59 Å². The summed E-state index contributed by atoms with van der Waals surface area (Å²) in [6.07, 6.45) is -1.30. The van der Waals surface area contributed by atoms with Crippen molar-refractivity contribution in [2.24, 2.45) is 0 Å². The van der Waals surface area contributed by atoms with Crippen molar-refractivity contribution in [2.75, 3.05) is 6.54 Å². The van der Waals surface area contributed by atoms with Crippen molar-refractivity contribution in [2.45, 2.75) is 50.8 Å². The Kier molecular flexibility index (Phi) is 6.14. The van der Waals surface area contributed by atoms with Gasteiger partial charge < -0.3 is 25.8 Å². The summed E-state index contributed by atoms with van der Waals surface area (Å²) < 4.78 is 5.95. The molecule has 184 valence electrons. The maximum atomic E-state index is 13.0. The molecule has 2 aliphatic rings. The topological polar surface area (TPSA) is 146 Å². The van der Waals surface area contributed by atoms with E-state index >= 15 is 0 Å². The molecule has 2 fully saturated rings. The molecule has 5 amide bonds. The number of carbonyl (C=O) groups is 4. The van der Waals surface area contributed by atoms with Crippen LogP contribution in [0.15, 0.2) is 42.5 Å². The van der Waals surface area contributed by atoms with Gasteiger partial charge in [-0.1, -0.05) is 35.9 Å². The lowest BCUT2D eigenvalue weighted by Gasteiger charge is -2.42. The molecule has 3 atom stereocenters. The number of imide groups is 1. The normalized spacial score (nSPS) is 24.4. The lowest BCUT2D eigenvalue weighted by atomic mass is 9.67. The van der Waals surface area contributed by atoms with Crippen LogP contribution >= 0.6 is 0 Å². The smallest absolute Gasteiger partial charge is 0.405 e. The third-order valence-corrected chi connectivity index (χ3v) is 6.79. The predicted octanol–water partition coefficient (Wildman–Crippen LogP) is 2.09. The molecule has 2 saturated heterocycles. The Morgan fingerprint density at radius 1 is 1.11 bits per heavy atom. The molecule has 0 saturated carbocycles. The second-order valence-electron chi connectivity index (χ2n) is 9.24. The molecule has 0 bridgehead atoms. The average molecular weight is 481 g/mol. The zero-order chi connectivity index (χ0) is 25.4. The molecule has 2 heterocycles. The molecular formula is C25H28N4O6. The van der Waals surface area contributed by atoms with Crippen LogP contribution in [0.2, 0.25) is 0 Å². The van der Waals surface area contributed by atoms with Gasteiger partial charge in [0.1, 0.15) is 23.4 Å². The van der Waals surface area contributed by atoms with Crippen LogP contribution in [0.25, 0.3) is 0 Å². The van der Waals surface area contributed by atoms with Crippen LogP contribution in [-0.2, 0) is 16.2 Å². The number of nitrogens with one attached hydrogen (secondary N) is 4. The molecule has 0 radical (unpaired) electrons. The quantitative estimate of drug-likeness (QED) is 0.384. The average Bonchev–Trinajstić information content (AvgIpc) is 3.27. The van der Waals surface area contributed by atoms with Gasteiger partial charge >= 0.3 is 12.1 Å². The second-order valence-corrected chi connectivity index (χ2v) is 9.24. The molecule has 0 spiro atoms. The number of aryl methyl sites for hydroxylation is 2. The number of ether oxygens (including phenoxy) is 1. The minimum absolute atomic E-state index is 0.104. The minimum atomic E-state index is -1.67. The molecule has 0 aromatic heterocycles. The summed E-state index contributed by atoms with van der Waals surface area (Å²) in [5.41, 5.74) is 0.534. The molecule has 2 aromatic rings. The number of urea groups is 1. The first kappa shape index (κ1) is 24.1. The van der Waals surface area contributed by atoms with E-state index in [2.05, 4.69) is 27.3 Å². The highest BCUT2D eigenvalue weighted by molar-refractivity contribution is 6.08. The van der Waals surface area contributed by atoms with Crippen LogP contribution in [0.3, 0.4) is 0 Å². The zero-order valence-electron chi connectivity index (χ0n) is 19.7. The number of carboxylic acid groups (broad SMARTS) is 1. The highest BCUT2D eigenvalue weighted by Crippen LogP contribution is 2.43. The maximum absolute atomic E-state index is 13.0. The van der Waals surface area contributed by atoms with Gasteiger partial charge in [0.15, 0.2) is 0 Å². The SMILES string of the molecule is Cc1ccc(C)c(COc2ccc(C(C3(C)NC(=O)NC3=O)C3(NC(=O)O)CCNC3=O)cc2)c1. The van der Waals surface area contributed by atoms with Crippen LogP contribution < -0.4 is 26.0 Å². The summed E-state index contributed by atoms with van der Waals surface area (Å²) >= 11 is 0. The largest absolute Gasteiger partial charge is 0.489 e. The second kappa shape index (κ2) is 8.94. The zero-order valence-corrected chi connectivity index (χ0v) is 19.7. The third kappa shape index (κ3) is 4.39. The first-order valence-electron chi connectivity index (χ1n) is 11.3. The van der Waals surface area contributed by atoms with Gasteiger partial charge in [0, 0.05) is 12.5 Å². The number of rotatable bonds is 7. The van der Waals surface area contributed by atoms with Gasteiger partial charge in [0.25, 0.3) is 5.91 Å². The van der Waals surface area contributed by atoms with Gasteiger partial charge in [-0.15, -0.1) is 0 Å². The van der Waals surface area contributed by atoms with Crippen LogP contribution in [0.1, 0.15) is 41.5 Å². The van der Waals surface area contributed by atoms with Crippen molar-refractivity contribution in [3.63, 3.8) is 0 Å². The van der Waals surface area contributed by atoms with Crippen LogP contribution in [0, 0.1) is 13.8 Å². The lowest BCUT2D eigenvalue weighted by molar-refractivity contribution is -0.129. The Morgan fingerprint density at radius 2 is 1.83 bits per heavy atom. The van der Waals surface area contributed by atoms with Crippen molar-refractivity contribution in [1.82, 2.24) is 21.3 Å². The van der Waals surface area contributed by atoms with Gasteiger partial charge in [-0.2, -0.15) is 0 Å². The van der Waals surface area contributed by atoms with E-state index in [9.17, 15) is 24.3 Å². The molecule has 0 aliphatic carbocycles. The van der Waals surface area contributed by atoms with Crippen molar-refractivity contribution in [3.8, 4) is 5.75 Å². The van der Waals surface area contributed by atoms with Gasteiger partial charge in [0.05, 0.1) is 0 Å². The van der Waals surface area contributed by atoms with E-state index < -0.39 is 40.9 Å². The maximum Gasteiger partial charge on any atom is 0.405 e. The highest BCUT2D eigenvalue weighted by Gasteiger charge is 2.62. The van der Waals surface area contributed by atoms with Gasteiger partial charge in [0.2, 0.25) is 5.91 Å². The standard InChI is InChI=1S/C25H28N4O6/c1-14-4-5-15(2)17(12-14)13-35-18-8-6-16(7-9-18)19(24(3)20(30)27-22(32)28-24)25(29-23(33)34)10-11-26-21(25)31/h4-9,12,19,29H,10-11,13H2,1-3H3,(H,26,31)(H,33,34)(H2,27,28,30,32). The highest BCUT2D eigenvalue weighted by atomic mass is 16.5. The van der Waals surface area contributed by atoms with Gasteiger partial charge in [-0.05, 0) is 56.0 Å². The van der Waals surface area contributed by atoms with E-state index in [4.69, 9.17) is 4.74 Å². The van der Waals surface area contributed by atoms with E-state index in [0.29, 0.717) is 17.9 Å². The lowest BCUT2D eigenvalue weighted by Crippen LogP contribution is -2.66. The molecular weight excluding hydrogens is 452 g/mol. The summed E-state index contributed by atoms with van der Waals surface area (Å²) in [5, 5.41) is 19.4. The van der Waals surface area contributed by atoms with E-state index in [1.807, 2.05) is 26.0 Å². The molecule has 10 heteroatoms. The Hall–Kier alpha value is -4.08. The fourth-order valence-electron chi connectivity index (χ4n) is 5.05. The molecule has 3 unspecified atom stereocenters. The number of benzene rings is 2. The summed E-state index contributed by atoms with van der Waals surface area (Å²) in [6, 6.07) is 12.2. The fraction of sp³-hybridized carbons (Fsp3) is 0.360. The summed E-state index contributed by atoms with van der Waals surface area (Å²) in [4.78, 5) is 49.7. The van der Waals surface area contributed by atoms with Gasteiger partial charge in [-0.3, -0.25) is 14.9 Å². The van der Waals surface area contributed by atoms with Crippen LogP contribution in [0.5, 0.6) is 5.75 Å². The molecule has 4 rings (SSSR count). The number of hydrogen-bond acceptors (Lipinski definition) is 5. The molecule has 2 aromatic carbocycles. The number of amides is 5. The molecule has 10 nitrogen and oxygen atoms in total. The van der Waals surface area contributed by atoms with Crippen molar-refractivity contribution in [3.05, 3.63) is 64.7 Å². The summed E-state index contributed by atoms with van der Waals surface area (Å²) in [5.74, 6) is -1.67. The summed E-state index contributed by atoms with van der Waals surface area (Å²) in [6.45, 7) is 6.09. The van der Waals surface area contributed by atoms with E-state index in [1.54, 1.807) is 24.3 Å². The Balaban J connectivity index is 1.69. The first-order chi connectivity index (χ1) is 16.5. The number of hydrogen-bond donors (Lipinski definition) is 5. The van der Waals surface area contributed by atoms with Crippen molar-refractivity contribution >= 4 is 23.9 Å². The predicted molar refractivity (Wildman–Crippen MR) is 126 cm³/mol. The van der Waals surface area contributed by atoms with Crippen molar-refractivity contribution in [1.29, 1.82) is 0 Å². The van der Waals surface area contributed by atoms with Crippen LogP contribution in [-0.4, -0.2) is 46.7 Å². The van der Waals surface area contributed by atoms with E-state index in [-0.39, 0.29) is 13.0 Å². The minimum Gasteiger partial charge on any atom is -0.489 e. The monoisotopic (exact) mass is 480 g/mol. The molecule has 35 heavy (non-hydrogen) atoms. The number of carbonyl (C=O) groups excluding carboxylic acids is 3. The fourth-order valence-corrected chi connectivity index (χ4v) is 5.05. The van der Waals surface area contributed by atoms with E-state index in [0.717, 1.165) is 16.7 Å². The Morgan fingerprint density at radius 3 is 2.40 bits per heavy atom.